The zero-order valence-corrected chi connectivity index (χ0v) is 14.9. The van der Waals surface area contributed by atoms with E-state index in [9.17, 15) is 13.4 Å². The van der Waals surface area contributed by atoms with Gasteiger partial charge in [0, 0.05) is 43.1 Å². The number of halogens is 2. The number of aryl methyl sites for hydroxylation is 1. The van der Waals surface area contributed by atoms with E-state index in [1.807, 2.05) is 41.3 Å². The Bertz CT molecular complexity index is 879. The minimum atomic E-state index is -2.61. The van der Waals surface area contributed by atoms with Crippen molar-refractivity contribution in [2.45, 2.75) is 19.8 Å². The molecule has 0 radical (unpaired) electrons. The zero-order chi connectivity index (χ0) is 18.0. The lowest BCUT2D eigenvalue weighted by Gasteiger charge is -2.05. The monoisotopic (exact) mass is 359 g/mol. The molecule has 0 bridgehead atoms. The Morgan fingerprint density at radius 2 is 2.12 bits per heavy atom. The molecule has 0 saturated heterocycles. The maximum absolute atomic E-state index is 13.6. The van der Waals surface area contributed by atoms with Crippen molar-refractivity contribution in [1.82, 2.24) is 4.57 Å². The molecule has 1 aliphatic rings. The summed E-state index contributed by atoms with van der Waals surface area (Å²) in [6.45, 7) is 1.57. The third kappa shape index (κ3) is 3.71. The predicted octanol–water partition coefficient (Wildman–Crippen LogP) is 3.94. The Kier molecular flexibility index (Phi) is 5.13. The minimum absolute atomic E-state index is 0.138. The molecule has 2 aromatic rings. The molecule has 128 valence electrons. The van der Waals surface area contributed by atoms with Crippen LogP contribution in [0.2, 0.25) is 0 Å². The molecule has 7 heteroatoms. The van der Waals surface area contributed by atoms with Crippen LogP contribution in [-0.2, 0) is 18.3 Å². The number of hydrogen-bond donors (Lipinski definition) is 0. The van der Waals surface area contributed by atoms with Gasteiger partial charge in [0.2, 0.25) is 5.71 Å². The van der Waals surface area contributed by atoms with Crippen molar-refractivity contribution >= 4 is 36.3 Å². The summed E-state index contributed by atoms with van der Waals surface area (Å²) in [6.07, 6.45) is 6.32. The average Bonchev–Trinajstić information content (AvgIpc) is 3.27. The van der Waals surface area contributed by atoms with Crippen LogP contribution in [-0.4, -0.2) is 28.0 Å². The number of thiophene rings is 1. The van der Waals surface area contributed by atoms with Gasteiger partial charge in [-0.25, -0.2) is 13.1 Å². The van der Waals surface area contributed by atoms with Crippen LogP contribution < -0.4 is 0 Å². The lowest BCUT2D eigenvalue weighted by Crippen LogP contribution is -2.24. The van der Waals surface area contributed by atoms with E-state index in [2.05, 4.69) is 0 Å². The van der Waals surface area contributed by atoms with Crippen molar-refractivity contribution in [2.24, 2.45) is 7.05 Å². The van der Waals surface area contributed by atoms with E-state index in [4.69, 9.17) is 0 Å². The smallest absolute Gasteiger partial charge is 0.348 e. The molecule has 3 nitrogen and oxygen atoms in total. The van der Waals surface area contributed by atoms with Gasteiger partial charge in [-0.3, -0.25) is 0 Å². The Hall–Kier alpha value is -2.28. The first kappa shape index (κ1) is 17.5. The van der Waals surface area contributed by atoms with Gasteiger partial charge < -0.3 is 9.36 Å². The van der Waals surface area contributed by atoms with Gasteiger partial charge in [0.1, 0.15) is 5.78 Å². The molecule has 0 unspecified atom stereocenters. The number of aromatic nitrogens is 1. The van der Waals surface area contributed by atoms with Gasteiger partial charge in [-0.2, -0.15) is 0 Å². The van der Waals surface area contributed by atoms with Crippen LogP contribution in [0.3, 0.4) is 0 Å². The highest BCUT2D eigenvalue weighted by molar-refractivity contribution is 7.12. The van der Waals surface area contributed by atoms with E-state index >= 15 is 0 Å². The van der Waals surface area contributed by atoms with E-state index in [1.54, 1.807) is 25.2 Å². The largest absolute Gasteiger partial charge is 0.935 e. The number of nitrogens with zero attached hydrogens (tertiary/aromatic N) is 2. The number of carbonyl (C=O) groups is 1. The highest BCUT2D eigenvalue weighted by atomic mass is 32.1. The zero-order valence-electron chi connectivity index (χ0n) is 14.1. The van der Waals surface area contributed by atoms with Crippen LogP contribution in [0.1, 0.15) is 29.6 Å². The van der Waals surface area contributed by atoms with Crippen LogP contribution in [0.15, 0.2) is 47.5 Å². The van der Waals surface area contributed by atoms with Crippen molar-refractivity contribution in [3.05, 3.63) is 63.8 Å². The molecule has 0 spiro atoms. The Labute approximate surface area is 149 Å². The van der Waals surface area contributed by atoms with Crippen molar-refractivity contribution in [1.29, 1.82) is 0 Å². The molecule has 0 amide bonds. The second kappa shape index (κ2) is 7.31. The van der Waals surface area contributed by atoms with Gasteiger partial charge in [0.25, 0.3) is 0 Å². The molecule has 0 fully saturated rings. The van der Waals surface area contributed by atoms with Gasteiger partial charge in [0.05, 0.1) is 4.88 Å². The SMILES string of the molecule is CC(=O)CCc1ccc(C=C2C=CC(c3cccs3)=[N+]2B(F)F)n1C. The Morgan fingerprint density at radius 1 is 1.32 bits per heavy atom. The third-order valence-corrected chi connectivity index (χ3v) is 5.10. The molecule has 0 saturated carbocycles. The van der Waals surface area contributed by atoms with Crippen LogP contribution in [0.25, 0.3) is 6.08 Å². The molecule has 2 aromatic heterocycles. The van der Waals surface area contributed by atoms with Crippen molar-refractivity contribution in [2.75, 3.05) is 0 Å². The number of carbonyl (C=O) groups excluding carboxylic acids is 1. The molecule has 0 N–H and O–H groups in total. The summed E-state index contributed by atoms with van der Waals surface area (Å²) in [5.74, 6) is 0.138. The summed E-state index contributed by atoms with van der Waals surface area (Å²) < 4.78 is 30.3. The molecule has 3 rings (SSSR count). The van der Waals surface area contributed by atoms with E-state index in [1.165, 1.54) is 11.3 Å². The van der Waals surface area contributed by atoms with Crippen molar-refractivity contribution in [3.8, 4) is 0 Å². The standard InChI is InChI=1S/C18H18BF2N2OS/c1-13(24)5-6-14-7-8-15(22(14)2)12-16-9-10-17(23(16)19(20)21)18-4-3-11-25-18/h3-4,7-12H,5-6H2,1-2H3/q+1. The van der Waals surface area contributed by atoms with Gasteiger partial charge in [-0.15, -0.1) is 11.3 Å². The highest BCUT2D eigenvalue weighted by Gasteiger charge is 2.42. The lowest BCUT2D eigenvalue weighted by molar-refractivity contribution is -0.339. The normalized spacial score (nSPS) is 15.4. The molecule has 1 aliphatic heterocycles. The fourth-order valence-electron chi connectivity index (χ4n) is 2.85. The summed E-state index contributed by atoms with van der Waals surface area (Å²) in [4.78, 5) is 12.0. The fourth-order valence-corrected chi connectivity index (χ4v) is 3.60. The molecule has 0 aromatic carbocycles. The number of rotatable bonds is 6. The van der Waals surface area contributed by atoms with Crippen LogP contribution in [0, 0.1) is 0 Å². The average molecular weight is 359 g/mol. The third-order valence-electron chi connectivity index (χ3n) is 4.21. The first-order valence-electron chi connectivity index (χ1n) is 7.99. The molecule has 25 heavy (non-hydrogen) atoms. The summed E-state index contributed by atoms with van der Waals surface area (Å²) in [5, 5.41) is 1.88. The number of ketones is 1. The van der Waals surface area contributed by atoms with Gasteiger partial charge in [0.15, 0.2) is 5.70 Å². The van der Waals surface area contributed by atoms with Gasteiger partial charge in [-0.05, 0) is 36.9 Å². The van der Waals surface area contributed by atoms with E-state index in [-0.39, 0.29) is 5.78 Å². The molecular formula is C18H18BF2N2OS+. The topological polar surface area (TPSA) is 25.0 Å². The van der Waals surface area contributed by atoms with Crippen molar-refractivity contribution < 1.29 is 17.9 Å². The number of hydrogen-bond acceptors (Lipinski definition) is 2. The first-order valence-corrected chi connectivity index (χ1v) is 8.87. The van der Waals surface area contributed by atoms with Gasteiger partial charge >= 0.3 is 7.40 Å². The number of allylic oxidation sites excluding steroid dienone is 2. The van der Waals surface area contributed by atoms with E-state index in [0.29, 0.717) is 24.3 Å². The molecule has 3 heterocycles. The fraction of sp³-hybridized carbons (Fsp3) is 0.222. The molecule has 0 aliphatic carbocycles. The maximum atomic E-state index is 13.6. The number of Topliss-reactive ketones (excluding diaryl/α,β-unsaturated/α-hetero) is 1. The summed E-state index contributed by atoms with van der Waals surface area (Å²) >= 11 is 1.44. The van der Waals surface area contributed by atoms with E-state index in [0.717, 1.165) is 20.8 Å². The molecule has 0 atom stereocenters. The van der Waals surface area contributed by atoms with Crippen LogP contribution >= 0.6 is 11.3 Å². The van der Waals surface area contributed by atoms with Gasteiger partial charge in [-0.1, -0.05) is 6.07 Å². The molecular weight excluding hydrogens is 341 g/mol. The summed E-state index contributed by atoms with van der Waals surface area (Å²) in [6, 6.07) is 7.52. The summed E-state index contributed by atoms with van der Waals surface area (Å²) in [7, 11) is -0.729. The second-order valence-electron chi connectivity index (χ2n) is 5.92. The Balaban J connectivity index is 1.94. The van der Waals surface area contributed by atoms with E-state index < -0.39 is 7.40 Å². The lowest BCUT2D eigenvalue weighted by atomic mass is 10.1. The first-order chi connectivity index (χ1) is 12.0. The minimum Gasteiger partial charge on any atom is -0.348 e. The quantitative estimate of drug-likeness (QED) is 0.717. The predicted molar refractivity (Wildman–Crippen MR) is 98.2 cm³/mol. The second-order valence-corrected chi connectivity index (χ2v) is 6.87. The Morgan fingerprint density at radius 3 is 2.76 bits per heavy atom. The summed E-state index contributed by atoms with van der Waals surface area (Å²) in [5.41, 5.74) is 2.81. The van der Waals surface area contributed by atoms with Crippen LogP contribution in [0.4, 0.5) is 8.63 Å². The van der Waals surface area contributed by atoms with Crippen molar-refractivity contribution in [3.63, 3.8) is 0 Å². The van der Waals surface area contributed by atoms with Crippen LogP contribution in [0.5, 0.6) is 0 Å². The maximum Gasteiger partial charge on any atom is 0.935 e. The highest BCUT2D eigenvalue weighted by Crippen LogP contribution is 2.23.